The summed E-state index contributed by atoms with van der Waals surface area (Å²) in [5.74, 6) is -0.0836. The van der Waals surface area contributed by atoms with Crippen LogP contribution in [0, 0.1) is 0 Å². The minimum absolute atomic E-state index is 0.0287. The number of carbonyl (C=O) groups is 1. The van der Waals surface area contributed by atoms with E-state index in [0.717, 1.165) is 23.5 Å². The van der Waals surface area contributed by atoms with Gasteiger partial charge >= 0.3 is 12.1 Å². The Morgan fingerprint density at radius 3 is 2.33 bits per heavy atom. The van der Waals surface area contributed by atoms with Crippen LogP contribution in [0.2, 0.25) is 0 Å². The van der Waals surface area contributed by atoms with Crippen molar-refractivity contribution in [3.05, 3.63) is 9.81 Å². The molecule has 1 fully saturated rings. The lowest BCUT2D eigenvalue weighted by Crippen LogP contribution is -2.23. The van der Waals surface area contributed by atoms with E-state index < -0.39 is 17.7 Å². The number of hydrogen-bond acceptors (Lipinski definition) is 4. The van der Waals surface area contributed by atoms with E-state index in [0.29, 0.717) is 11.5 Å². The Labute approximate surface area is 93.6 Å². The highest BCUT2D eigenvalue weighted by atomic mass is 32.2. The quantitative estimate of drug-likeness (QED) is 0.562. The lowest BCUT2D eigenvalue weighted by Gasteiger charge is -2.12. The summed E-state index contributed by atoms with van der Waals surface area (Å²) in [5.41, 5.74) is -1.16. The summed E-state index contributed by atoms with van der Waals surface area (Å²) in [6, 6.07) is 0. The van der Waals surface area contributed by atoms with E-state index in [1.807, 2.05) is 0 Å². The van der Waals surface area contributed by atoms with Crippen molar-refractivity contribution in [1.82, 2.24) is 0 Å². The molecule has 86 valence electrons. The molecule has 0 aromatic heterocycles. The fourth-order valence-corrected chi connectivity index (χ4v) is 3.53. The van der Waals surface area contributed by atoms with Gasteiger partial charge in [-0.2, -0.15) is 13.2 Å². The van der Waals surface area contributed by atoms with Gasteiger partial charge in [0, 0.05) is 11.5 Å². The van der Waals surface area contributed by atoms with Crippen molar-refractivity contribution < 1.29 is 22.7 Å². The molecule has 7 heteroatoms. The topological polar surface area (TPSA) is 26.3 Å². The third-order valence-electron chi connectivity index (χ3n) is 1.52. The molecule has 0 aromatic carbocycles. The van der Waals surface area contributed by atoms with Crippen LogP contribution in [0.25, 0.3) is 0 Å². The van der Waals surface area contributed by atoms with E-state index in [9.17, 15) is 18.0 Å². The molecule has 0 saturated carbocycles. The fraction of sp³-hybridized carbons (Fsp3) is 0.625. The van der Waals surface area contributed by atoms with Crippen LogP contribution >= 0.6 is 23.5 Å². The Hall–Kier alpha value is -0.300. The van der Waals surface area contributed by atoms with Gasteiger partial charge in [-0.15, -0.1) is 23.5 Å². The molecule has 0 unspecified atom stereocenters. The largest absolute Gasteiger partial charge is 0.462 e. The Morgan fingerprint density at radius 2 is 1.93 bits per heavy atom. The molecule has 0 N–H and O–H groups in total. The van der Waals surface area contributed by atoms with Crippen LogP contribution in [0.1, 0.15) is 6.92 Å². The van der Waals surface area contributed by atoms with Gasteiger partial charge in [-0.05, 0) is 6.92 Å². The Kier molecular flexibility index (Phi) is 4.39. The zero-order valence-corrected chi connectivity index (χ0v) is 9.52. The second-order valence-electron chi connectivity index (χ2n) is 2.58. The van der Waals surface area contributed by atoms with Crippen molar-refractivity contribution in [3.8, 4) is 0 Å². The van der Waals surface area contributed by atoms with E-state index in [4.69, 9.17) is 0 Å². The van der Waals surface area contributed by atoms with Gasteiger partial charge < -0.3 is 4.74 Å². The molecule has 2 nitrogen and oxygen atoms in total. The molecule has 0 bridgehead atoms. The van der Waals surface area contributed by atoms with Gasteiger partial charge in [0.05, 0.1) is 10.8 Å². The maximum atomic E-state index is 12.6. The van der Waals surface area contributed by atoms with Crippen molar-refractivity contribution in [3.63, 3.8) is 0 Å². The fourth-order valence-electron chi connectivity index (χ4n) is 0.973. The van der Waals surface area contributed by atoms with Crippen LogP contribution in [0.5, 0.6) is 0 Å². The Morgan fingerprint density at radius 1 is 1.40 bits per heavy atom. The van der Waals surface area contributed by atoms with Gasteiger partial charge in [-0.1, -0.05) is 0 Å². The molecular formula is C8H9F3O2S2. The molecule has 0 atom stereocenters. The second kappa shape index (κ2) is 5.16. The molecule has 0 aliphatic carbocycles. The van der Waals surface area contributed by atoms with Gasteiger partial charge in [0.25, 0.3) is 0 Å². The zero-order valence-electron chi connectivity index (χ0n) is 7.89. The number of hydrogen-bond donors (Lipinski definition) is 0. The van der Waals surface area contributed by atoms with Crippen LogP contribution in [-0.2, 0) is 9.53 Å². The van der Waals surface area contributed by atoms with Gasteiger partial charge in [-0.25, -0.2) is 4.79 Å². The van der Waals surface area contributed by atoms with Crippen molar-refractivity contribution in [2.45, 2.75) is 13.1 Å². The molecular weight excluding hydrogens is 249 g/mol. The Bertz CT molecular complexity index is 278. The normalized spacial score (nSPS) is 16.7. The average Bonchev–Trinajstić information content (AvgIpc) is 2.55. The van der Waals surface area contributed by atoms with Gasteiger partial charge in [-0.3, -0.25) is 0 Å². The van der Waals surface area contributed by atoms with E-state index >= 15 is 0 Å². The predicted molar refractivity (Wildman–Crippen MR) is 54.6 cm³/mol. The highest BCUT2D eigenvalue weighted by Gasteiger charge is 2.43. The first-order chi connectivity index (χ1) is 6.96. The number of carbonyl (C=O) groups excluding carboxylic acids is 1. The standard InChI is InChI=1S/C8H9F3O2S2/c1-2-13-6(12)5(8(9,10)11)7-14-3-4-15-7/h2-4H2,1H3. The second-order valence-corrected chi connectivity index (χ2v) is 5.05. The third kappa shape index (κ3) is 3.34. The maximum absolute atomic E-state index is 12.6. The highest BCUT2D eigenvalue weighted by Crippen LogP contribution is 2.43. The summed E-state index contributed by atoms with van der Waals surface area (Å²) < 4.78 is 42.1. The minimum atomic E-state index is -4.63. The number of esters is 1. The van der Waals surface area contributed by atoms with Crippen LogP contribution in [-0.4, -0.2) is 30.3 Å². The summed E-state index contributed by atoms with van der Waals surface area (Å²) >= 11 is 2.11. The Balaban J connectivity index is 2.97. The van der Waals surface area contributed by atoms with Crippen LogP contribution in [0.3, 0.4) is 0 Å². The first kappa shape index (κ1) is 12.8. The highest BCUT2D eigenvalue weighted by molar-refractivity contribution is 8.25. The molecule has 1 saturated heterocycles. The maximum Gasteiger partial charge on any atom is 0.424 e. The molecule has 0 spiro atoms. The van der Waals surface area contributed by atoms with Crippen molar-refractivity contribution >= 4 is 29.5 Å². The van der Waals surface area contributed by atoms with E-state index in [-0.39, 0.29) is 10.8 Å². The lowest BCUT2D eigenvalue weighted by atomic mass is 10.3. The smallest absolute Gasteiger partial charge is 0.424 e. The number of ether oxygens (including phenoxy) is 1. The van der Waals surface area contributed by atoms with Gasteiger partial charge in [0.1, 0.15) is 0 Å². The first-order valence-corrected chi connectivity index (χ1v) is 6.18. The predicted octanol–water partition coefficient (Wildman–Crippen LogP) is 2.80. The minimum Gasteiger partial charge on any atom is -0.462 e. The summed E-state index contributed by atoms with van der Waals surface area (Å²) in [6.45, 7) is 1.42. The summed E-state index contributed by atoms with van der Waals surface area (Å²) in [4.78, 5) is 11.2. The van der Waals surface area contributed by atoms with Crippen molar-refractivity contribution in [2.24, 2.45) is 0 Å². The molecule has 0 amide bonds. The molecule has 0 radical (unpaired) electrons. The lowest BCUT2D eigenvalue weighted by molar-refractivity contribution is -0.150. The molecule has 1 aliphatic heterocycles. The molecule has 1 aliphatic rings. The van der Waals surface area contributed by atoms with E-state index in [1.165, 1.54) is 6.92 Å². The third-order valence-corrected chi connectivity index (χ3v) is 4.23. The SMILES string of the molecule is CCOC(=O)C(=C1SCCS1)C(F)(F)F. The van der Waals surface area contributed by atoms with Crippen LogP contribution < -0.4 is 0 Å². The molecule has 1 heterocycles. The number of rotatable bonds is 2. The first-order valence-electron chi connectivity index (χ1n) is 4.21. The van der Waals surface area contributed by atoms with Crippen LogP contribution in [0.4, 0.5) is 13.2 Å². The molecule has 0 aromatic rings. The van der Waals surface area contributed by atoms with E-state index in [1.54, 1.807) is 0 Å². The van der Waals surface area contributed by atoms with Crippen molar-refractivity contribution in [1.29, 1.82) is 0 Å². The number of alkyl halides is 3. The van der Waals surface area contributed by atoms with Gasteiger partial charge in [0.2, 0.25) is 0 Å². The number of thioether (sulfide) groups is 2. The zero-order chi connectivity index (χ0) is 11.5. The molecule has 15 heavy (non-hydrogen) atoms. The summed E-state index contributed by atoms with van der Waals surface area (Å²) in [5, 5.41) is 0. The molecule has 1 rings (SSSR count). The van der Waals surface area contributed by atoms with Gasteiger partial charge in [0.15, 0.2) is 5.57 Å². The van der Waals surface area contributed by atoms with E-state index in [2.05, 4.69) is 4.74 Å². The summed E-state index contributed by atoms with van der Waals surface area (Å²) in [6.07, 6.45) is -4.63. The number of halogens is 3. The average molecular weight is 258 g/mol. The summed E-state index contributed by atoms with van der Waals surface area (Å²) in [7, 11) is 0. The monoisotopic (exact) mass is 258 g/mol. The van der Waals surface area contributed by atoms with Crippen molar-refractivity contribution in [2.75, 3.05) is 18.1 Å². The van der Waals surface area contributed by atoms with Crippen LogP contribution in [0.15, 0.2) is 9.81 Å².